The highest BCUT2D eigenvalue weighted by Gasteiger charge is 2.26. The van der Waals surface area contributed by atoms with Crippen LogP contribution in [0.15, 0.2) is 0 Å². The summed E-state index contributed by atoms with van der Waals surface area (Å²) in [6, 6.07) is 0.187. The van der Waals surface area contributed by atoms with Crippen LogP contribution in [0.25, 0.3) is 0 Å². The molecule has 0 amide bonds. The molecule has 5 heteroatoms. The molecule has 0 radical (unpaired) electrons. The molecule has 5 nitrogen and oxygen atoms in total. The summed E-state index contributed by atoms with van der Waals surface area (Å²) in [5.41, 5.74) is 0. The second kappa shape index (κ2) is 7.71. The number of carboxylic acids is 1. The number of likely N-dealkylation sites (N-methyl/N-ethyl adjacent to an activating group) is 2. The van der Waals surface area contributed by atoms with Gasteiger partial charge in [0.25, 0.3) is 0 Å². The van der Waals surface area contributed by atoms with Crippen molar-refractivity contribution >= 4 is 5.97 Å². The first-order valence-corrected chi connectivity index (χ1v) is 6.89. The number of carboxylic acid groups (broad SMARTS) is 1. The standard InChI is InChI=1S/C13H27N3O2/c1-4-14-12(13(17)18)7-9-16-8-5-6-11(16)10-15(2)3/h11-12,14H,4-10H2,1-3H3,(H,17,18). The van der Waals surface area contributed by atoms with Crippen LogP contribution in [0.2, 0.25) is 0 Å². The first-order valence-electron chi connectivity index (χ1n) is 6.89. The van der Waals surface area contributed by atoms with Crippen LogP contribution in [0.3, 0.4) is 0 Å². The van der Waals surface area contributed by atoms with Crippen molar-refractivity contribution in [2.24, 2.45) is 0 Å². The Morgan fingerprint density at radius 2 is 2.28 bits per heavy atom. The number of carbonyl (C=O) groups is 1. The minimum Gasteiger partial charge on any atom is -0.480 e. The Labute approximate surface area is 110 Å². The monoisotopic (exact) mass is 257 g/mol. The van der Waals surface area contributed by atoms with Gasteiger partial charge in [-0.1, -0.05) is 6.92 Å². The van der Waals surface area contributed by atoms with E-state index in [2.05, 4.69) is 29.2 Å². The van der Waals surface area contributed by atoms with Gasteiger partial charge in [-0.2, -0.15) is 0 Å². The number of nitrogens with one attached hydrogen (secondary N) is 1. The maximum absolute atomic E-state index is 11.1. The van der Waals surface area contributed by atoms with Crippen molar-refractivity contribution < 1.29 is 9.90 Å². The van der Waals surface area contributed by atoms with E-state index in [9.17, 15) is 4.79 Å². The summed E-state index contributed by atoms with van der Waals surface area (Å²) < 4.78 is 0. The summed E-state index contributed by atoms with van der Waals surface area (Å²) >= 11 is 0. The van der Waals surface area contributed by atoms with E-state index >= 15 is 0 Å². The second-order valence-electron chi connectivity index (χ2n) is 5.33. The van der Waals surface area contributed by atoms with E-state index in [0.29, 0.717) is 19.0 Å². The molecule has 1 saturated heterocycles. The zero-order chi connectivity index (χ0) is 13.5. The minimum atomic E-state index is -0.736. The number of rotatable bonds is 8. The number of hydrogen-bond acceptors (Lipinski definition) is 4. The Balaban J connectivity index is 2.38. The zero-order valence-electron chi connectivity index (χ0n) is 11.9. The predicted molar refractivity (Wildman–Crippen MR) is 72.9 cm³/mol. The fourth-order valence-corrected chi connectivity index (χ4v) is 2.67. The summed E-state index contributed by atoms with van der Waals surface area (Å²) in [7, 11) is 4.18. The molecule has 1 aliphatic rings. The molecule has 1 fully saturated rings. The van der Waals surface area contributed by atoms with Crippen molar-refractivity contribution in [2.75, 3.05) is 40.3 Å². The Morgan fingerprint density at radius 1 is 1.56 bits per heavy atom. The van der Waals surface area contributed by atoms with Gasteiger partial charge in [0, 0.05) is 19.1 Å². The molecule has 1 rings (SSSR count). The van der Waals surface area contributed by atoms with E-state index in [-0.39, 0.29) is 0 Å². The summed E-state index contributed by atoms with van der Waals surface area (Å²) in [5.74, 6) is -0.736. The SMILES string of the molecule is CCNC(CCN1CCCC1CN(C)C)C(=O)O. The van der Waals surface area contributed by atoms with Gasteiger partial charge in [0.1, 0.15) is 6.04 Å². The van der Waals surface area contributed by atoms with Gasteiger partial charge in [-0.15, -0.1) is 0 Å². The lowest BCUT2D eigenvalue weighted by Crippen LogP contribution is -2.43. The van der Waals surface area contributed by atoms with Crippen LogP contribution in [0.1, 0.15) is 26.2 Å². The minimum absolute atomic E-state index is 0.407. The van der Waals surface area contributed by atoms with E-state index in [1.165, 1.54) is 12.8 Å². The predicted octanol–water partition coefficient (Wildman–Crippen LogP) is 0.465. The largest absolute Gasteiger partial charge is 0.480 e. The molecule has 0 aromatic rings. The molecular formula is C13H27N3O2. The van der Waals surface area contributed by atoms with Crippen molar-refractivity contribution in [1.29, 1.82) is 0 Å². The van der Waals surface area contributed by atoms with Crippen molar-refractivity contribution in [1.82, 2.24) is 15.1 Å². The Hall–Kier alpha value is -0.650. The Morgan fingerprint density at radius 3 is 2.83 bits per heavy atom. The van der Waals surface area contributed by atoms with Crippen LogP contribution in [-0.2, 0) is 4.79 Å². The highest BCUT2D eigenvalue weighted by Crippen LogP contribution is 2.18. The fourth-order valence-electron chi connectivity index (χ4n) is 2.67. The maximum atomic E-state index is 11.1. The van der Waals surface area contributed by atoms with E-state index in [1.54, 1.807) is 0 Å². The lowest BCUT2D eigenvalue weighted by molar-refractivity contribution is -0.139. The number of likely N-dealkylation sites (tertiary alicyclic amines) is 1. The zero-order valence-corrected chi connectivity index (χ0v) is 11.9. The average molecular weight is 257 g/mol. The topological polar surface area (TPSA) is 55.8 Å². The molecule has 0 bridgehead atoms. The van der Waals surface area contributed by atoms with Gasteiger partial charge in [0.15, 0.2) is 0 Å². The van der Waals surface area contributed by atoms with E-state index < -0.39 is 12.0 Å². The van der Waals surface area contributed by atoms with E-state index in [4.69, 9.17) is 5.11 Å². The Kier molecular flexibility index (Phi) is 6.60. The summed E-state index contributed by atoms with van der Waals surface area (Å²) in [5, 5.41) is 12.1. The first kappa shape index (κ1) is 15.4. The normalized spacial score (nSPS) is 22.6. The third-order valence-electron chi connectivity index (χ3n) is 3.53. The average Bonchev–Trinajstić information content (AvgIpc) is 2.70. The molecule has 1 heterocycles. The molecule has 0 saturated carbocycles. The third-order valence-corrected chi connectivity index (χ3v) is 3.53. The molecule has 2 N–H and O–H groups in total. The van der Waals surface area contributed by atoms with Gasteiger partial charge in [-0.3, -0.25) is 9.69 Å². The van der Waals surface area contributed by atoms with Crippen LogP contribution < -0.4 is 5.32 Å². The molecule has 2 unspecified atom stereocenters. The summed E-state index contributed by atoms with van der Waals surface area (Å²) in [4.78, 5) is 15.7. The fraction of sp³-hybridized carbons (Fsp3) is 0.923. The van der Waals surface area contributed by atoms with Gasteiger partial charge >= 0.3 is 5.97 Å². The highest BCUT2D eigenvalue weighted by atomic mass is 16.4. The first-order chi connectivity index (χ1) is 8.54. The maximum Gasteiger partial charge on any atom is 0.320 e. The van der Waals surface area contributed by atoms with Crippen molar-refractivity contribution in [3.63, 3.8) is 0 Å². The van der Waals surface area contributed by atoms with Crippen LogP contribution in [0.4, 0.5) is 0 Å². The number of nitrogens with zero attached hydrogens (tertiary/aromatic N) is 2. The quantitative estimate of drug-likeness (QED) is 0.662. The molecule has 1 aliphatic heterocycles. The van der Waals surface area contributed by atoms with Crippen molar-refractivity contribution in [2.45, 2.75) is 38.3 Å². The van der Waals surface area contributed by atoms with Crippen molar-refractivity contribution in [3.05, 3.63) is 0 Å². The van der Waals surface area contributed by atoms with Crippen LogP contribution in [0.5, 0.6) is 0 Å². The third kappa shape index (κ3) is 4.92. The molecule has 2 atom stereocenters. The van der Waals surface area contributed by atoms with Crippen LogP contribution >= 0.6 is 0 Å². The molecule has 106 valence electrons. The molecule has 0 aliphatic carbocycles. The Bertz CT molecular complexity index is 259. The molecule has 0 aromatic heterocycles. The molecular weight excluding hydrogens is 230 g/mol. The van der Waals surface area contributed by atoms with Gasteiger partial charge in [-0.25, -0.2) is 0 Å². The summed E-state index contributed by atoms with van der Waals surface area (Å²) in [6.45, 7) is 5.71. The molecule has 0 spiro atoms. The lowest BCUT2D eigenvalue weighted by Gasteiger charge is -2.28. The van der Waals surface area contributed by atoms with Gasteiger partial charge < -0.3 is 15.3 Å². The lowest BCUT2D eigenvalue weighted by atomic mass is 10.1. The highest BCUT2D eigenvalue weighted by molar-refractivity contribution is 5.73. The summed E-state index contributed by atoms with van der Waals surface area (Å²) in [6.07, 6.45) is 3.15. The van der Waals surface area contributed by atoms with Gasteiger partial charge in [-0.05, 0) is 46.4 Å². The van der Waals surface area contributed by atoms with E-state index in [1.807, 2.05) is 6.92 Å². The smallest absolute Gasteiger partial charge is 0.320 e. The van der Waals surface area contributed by atoms with Crippen LogP contribution in [-0.4, -0.2) is 73.2 Å². The van der Waals surface area contributed by atoms with Crippen molar-refractivity contribution in [3.8, 4) is 0 Å². The number of hydrogen-bond donors (Lipinski definition) is 2. The number of aliphatic carboxylic acids is 1. The second-order valence-corrected chi connectivity index (χ2v) is 5.33. The van der Waals surface area contributed by atoms with Crippen LogP contribution in [0, 0.1) is 0 Å². The molecule has 18 heavy (non-hydrogen) atoms. The van der Waals surface area contributed by atoms with Gasteiger partial charge in [0.2, 0.25) is 0 Å². The van der Waals surface area contributed by atoms with Gasteiger partial charge in [0.05, 0.1) is 0 Å². The van der Waals surface area contributed by atoms with E-state index in [0.717, 1.165) is 19.6 Å². The molecule has 0 aromatic carbocycles.